The van der Waals surface area contributed by atoms with E-state index in [-0.39, 0.29) is 5.91 Å². The first-order valence-electron chi connectivity index (χ1n) is 9.10. The monoisotopic (exact) mass is 378 g/mol. The Balaban J connectivity index is 1.68. The third kappa shape index (κ3) is 2.14. The number of nitrogens with zero attached hydrogens (tertiary/aromatic N) is 4. The number of anilines is 1. The molecule has 142 valence electrons. The van der Waals surface area contributed by atoms with Crippen LogP contribution in [-0.4, -0.2) is 26.9 Å². The maximum atomic E-state index is 13.2. The Hall–Kier alpha value is -3.55. The number of hydrogen-bond acceptors (Lipinski definition) is 4. The van der Waals surface area contributed by atoms with Crippen molar-refractivity contribution < 1.29 is 9.53 Å². The zero-order chi connectivity index (χ0) is 19.4. The van der Waals surface area contributed by atoms with Gasteiger partial charge in [0.25, 0.3) is 5.91 Å². The minimum atomic E-state index is -0.683. The van der Waals surface area contributed by atoms with E-state index >= 15 is 0 Å². The molecule has 1 fully saturated rings. The van der Waals surface area contributed by atoms with Crippen molar-refractivity contribution in [1.29, 1.82) is 0 Å². The van der Waals surface area contributed by atoms with Crippen molar-refractivity contribution in [3.8, 4) is 11.4 Å². The SMILES string of the molecule is COc1ccc(N2C(=O)C3CCC2n2c(=O)n(-c4ccccc4)c(=O)n23)cc1. The first kappa shape index (κ1) is 16.6. The lowest BCUT2D eigenvalue weighted by Gasteiger charge is -2.45. The van der Waals surface area contributed by atoms with Crippen molar-refractivity contribution >= 4 is 11.6 Å². The number of benzene rings is 2. The van der Waals surface area contributed by atoms with Gasteiger partial charge < -0.3 is 4.74 Å². The molecule has 4 heterocycles. The quantitative estimate of drug-likeness (QED) is 0.695. The number of carbonyl (C=O) groups excluding carboxylic acids is 1. The number of fused-ring (bicyclic) bond motifs is 2. The highest BCUT2D eigenvalue weighted by Crippen LogP contribution is 2.40. The van der Waals surface area contributed by atoms with Crippen molar-refractivity contribution in [2.45, 2.75) is 25.0 Å². The lowest BCUT2D eigenvalue weighted by Crippen LogP contribution is -2.57. The molecule has 2 unspecified atom stereocenters. The van der Waals surface area contributed by atoms with E-state index in [4.69, 9.17) is 4.74 Å². The molecule has 0 aliphatic carbocycles. The Morgan fingerprint density at radius 3 is 2.18 bits per heavy atom. The van der Waals surface area contributed by atoms with Crippen molar-refractivity contribution in [3.05, 3.63) is 75.6 Å². The normalized spacial score (nSPS) is 20.3. The third-order valence-electron chi connectivity index (χ3n) is 5.47. The zero-order valence-electron chi connectivity index (χ0n) is 15.2. The van der Waals surface area contributed by atoms with Gasteiger partial charge in [0.05, 0.1) is 12.8 Å². The third-order valence-corrected chi connectivity index (χ3v) is 5.47. The fourth-order valence-corrected chi connectivity index (χ4v) is 4.19. The molecule has 3 aromatic rings. The fourth-order valence-electron chi connectivity index (χ4n) is 4.19. The molecule has 6 rings (SSSR count). The van der Waals surface area contributed by atoms with Crippen LogP contribution in [0.4, 0.5) is 5.69 Å². The molecule has 0 radical (unpaired) electrons. The van der Waals surface area contributed by atoms with Gasteiger partial charge in [-0.1, -0.05) is 18.2 Å². The highest BCUT2D eigenvalue weighted by atomic mass is 16.5. The van der Waals surface area contributed by atoms with E-state index in [1.165, 1.54) is 9.36 Å². The molecule has 8 nitrogen and oxygen atoms in total. The van der Waals surface area contributed by atoms with Crippen LogP contribution in [0.3, 0.4) is 0 Å². The summed E-state index contributed by atoms with van der Waals surface area (Å²) in [6, 6.07) is 15.2. The Kier molecular flexibility index (Phi) is 3.55. The van der Waals surface area contributed by atoms with Gasteiger partial charge in [-0.15, -0.1) is 0 Å². The topological polar surface area (TPSA) is 78.5 Å². The molecule has 8 heteroatoms. The number of piperidine rings is 1. The van der Waals surface area contributed by atoms with Gasteiger partial charge in [-0.25, -0.2) is 23.5 Å². The van der Waals surface area contributed by atoms with Crippen LogP contribution in [0.15, 0.2) is 64.2 Å². The van der Waals surface area contributed by atoms with Gasteiger partial charge in [-0.2, -0.15) is 0 Å². The van der Waals surface area contributed by atoms with Crippen LogP contribution in [0.5, 0.6) is 5.75 Å². The van der Waals surface area contributed by atoms with Gasteiger partial charge in [0.15, 0.2) is 0 Å². The second kappa shape index (κ2) is 5.98. The molecule has 1 saturated heterocycles. The molecule has 28 heavy (non-hydrogen) atoms. The smallest absolute Gasteiger partial charge is 0.353 e. The van der Waals surface area contributed by atoms with Gasteiger partial charge in [0.2, 0.25) is 0 Å². The van der Waals surface area contributed by atoms with Crippen molar-refractivity contribution in [1.82, 2.24) is 13.9 Å². The predicted octanol–water partition coefficient (Wildman–Crippen LogP) is 1.69. The molecule has 3 aliphatic rings. The summed E-state index contributed by atoms with van der Waals surface area (Å²) < 4.78 is 9.07. The first-order valence-corrected chi connectivity index (χ1v) is 9.10. The van der Waals surface area contributed by atoms with E-state index < -0.39 is 23.6 Å². The van der Waals surface area contributed by atoms with Gasteiger partial charge in [0, 0.05) is 5.69 Å². The average molecular weight is 378 g/mol. The van der Waals surface area contributed by atoms with Crippen LogP contribution in [0, 0.1) is 0 Å². The van der Waals surface area contributed by atoms with E-state index in [2.05, 4.69) is 0 Å². The average Bonchev–Trinajstić information content (AvgIpc) is 3.01. The van der Waals surface area contributed by atoms with Crippen LogP contribution in [0.25, 0.3) is 5.69 Å². The fraction of sp³-hybridized carbons (Fsp3) is 0.250. The van der Waals surface area contributed by atoms with Crippen LogP contribution in [-0.2, 0) is 4.79 Å². The largest absolute Gasteiger partial charge is 0.497 e. The number of amides is 1. The predicted molar refractivity (Wildman–Crippen MR) is 102 cm³/mol. The Labute approximate surface area is 159 Å². The van der Waals surface area contributed by atoms with Gasteiger partial charge in [-0.3, -0.25) is 9.69 Å². The maximum absolute atomic E-state index is 13.2. The maximum Gasteiger partial charge on any atom is 0.353 e. The van der Waals surface area contributed by atoms with Crippen LogP contribution in [0.1, 0.15) is 25.0 Å². The molecule has 0 spiro atoms. The van der Waals surface area contributed by atoms with E-state index in [9.17, 15) is 14.4 Å². The number of para-hydroxylation sites is 1. The highest BCUT2D eigenvalue weighted by Gasteiger charge is 2.47. The Bertz CT molecular complexity index is 1170. The number of methoxy groups -OCH3 is 1. The van der Waals surface area contributed by atoms with Crippen LogP contribution < -0.4 is 21.0 Å². The molecule has 2 bridgehead atoms. The summed E-state index contributed by atoms with van der Waals surface area (Å²) >= 11 is 0. The molecule has 3 aliphatic heterocycles. The second-order valence-corrected chi connectivity index (χ2v) is 6.91. The Morgan fingerprint density at radius 2 is 1.50 bits per heavy atom. The summed E-state index contributed by atoms with van der Waals surface area (Å²) in [6.07, 6.45) is 0.616. The van der Waals surface area contributed by atoms with Crippen molar-refractivity contribution in [2.75, 3.05) is 12.0 Å². The molecule has 1 amide bonds. The van der Waals surface area contributed by atoms with Gasteiger partial charge >= 0.3 is 11.4 Å². The molecular weight excluding hydrogens is 360 g/mol. The number of ether oxygens (including phenoxy) is 1. The summed E-state index contributed by atoms with van der Waals surface area (Å²) in [5, 5.41) is 0. The second-order valence-electron chi connectivity index (χ2n) is 6.91. The number of hydrogen-bond donors (Lipinski definition) is 0. The summed E-state index contributed by atoms with van der Waals surface area (Å²) in [5.74, 6) is 0.511. The molecule has 2 atom stereocenters. The van der Waals surface area contributed by atoms with E-state index in [0.29, 0.717) is 30.0 Å². The molecule has 1 aromatic heterocycles. The molecule has 2 aromatic carbocycles. The first-order chi connectivity index (χ1) is 13.6. The summed E-state index contributed by atoms with van der Waals surface area (Å²) in [5.41, 5.74) is 0.263. The molecular formula is C20H18N4O4. The van der Waals surface area contributed by atoms with Crippen molar-refractivity contribution in [2.24, 2.45) is 0 Å². The summed E-state index contributed by atoms with van der Waals surface area (Å²) in [4.78, 5) is 40.9. The van der Waals surface area contributed by atoms with E-state index in [0.717, 1.165) is 4.57 Å². The zero-order valence-corrected chi connectivity index (χ0v) is 15.2. The van der Waals surface area contributed by atoms with E-state index in [1.807, 2.05) is 6.07 Å². The van der Waals surface area contributed by atoms with E-state index in [1.54, 1.807) is 60.5 Å². The molecule has 0 saturated carbocycles. The van der Waals surface area contributed by atoms with Crippen molar-refractivity contribution in [3.63, 3.8) is 0 Å². The van der Waals surface area contributed by atoms with Crippen LogP contribution >= 0.6 is 0 Å². The lowest BCUT2D eigenvalue weighted by molar-refractivity contribution is -0.128. The Morgan fingerprint density at radius 1 is 0.821 bits per heavy atom. The summed E-state index contributed by atoms with van der Waals surface area (Å²) in [6.45, 7) is 0. The highest BCUT2D eigenvalue weighted by molar-refractivity contribution is 5.97. The number of carbonyl (C=O) groups is 1. The number of aromatic nitrogens is 3. The van der Waals surface area contributed by atoms with Crippen LogP contribution in [0.2, 0.25) is 0 Å². The minimum Gasteiger partial charge on any atom is -0.497 e. The summed E-state index contributed by atoms with van der Waals surface area (Å²) in [7, 11) is 1.58. The standard InChI is InChI=1S/C20H18N4O4/c1-28-15-9-7-14(8-10-15)21-17-12-11-16(18(21)25)23-19(26)22(20(27)24(17)23)13-5-3-2-4-6-13/h2-10,16-17H,11-12H2,1H3. The minimum absolute atomic E-state index is 0.172. The lowest BCUT2D eigenvalue weighted by atomic mass is 9.99. The molecule has 0 N–H and O–H groups in total. The van der Waals surface area contributed by atoms with Gasteiger partial charge in [0.1, 0.15) is 18.0 Å². The number of rotatable bonds is 3. The van der Waals surface area contributed by atoms with Gasteiger partial charge in [-0.05, 0) is 49.2 Å².